The first kappa shape index (κ1) is 13.9. The molecule has 0 bridgehead atoms. The van der Waals surface area contributed by atoms with E-state index in [-0.39, 0.29) is 0 Å². The largest absolute Gasteiger partial charge is 0.417 e. The van der Waals surface area contributed by atoms with E-state index in [1.54, 1.807) is 12.1 Å². The Balaban J connectivity index is 1.86. The lowest BCUT2D eigenvalue weighted by Crippen LogP contribution is -1.78. The Morgan fingerprint density at radius 2 is 1.52 bits per heavy atom. The van der Waals surface area contributed by atoms with Gasteiger partial charge in [0.25, 0.3) is 0 Å². The third kappa shape index (κ3) is 3.15. The third-order valence-electron chi connectivity index (χ3n) is 2.86. The van der Waals surface area contributed by atoms with Gasteiger partial charge in [0.05, 0.1) is 10.6 Å². The molecule has 0 aliphatic carbocycles. The third-order valence-corrected chi connectivity index (χ3v) is 3.53. The molecule has 2 aromatic carbocycles. The zero-order valence-electron chi connectivity index (χ0n) is 10.8. The highest BCUT2D eigenvalue weighted by Gasteiger charge is 2.09. The minimum atomic E-state index is 0.388. The Labute approximate surface area is 131 Å². The van der Waals surface area contributed by atoms with Gasteiger partial charge < -0.3 is 4.42 Å². The monoisotopic (exact) mass is 316 g/mol. The molecule has 3 rings (SSSR count). The van der Waals surface area contributed by atoms with Gasteiger partial charge in [-0.15, -0.1) is 10.2 Å². The average molecular weight is 317 g/mol. The van der Waals surface area contributed by atoms with Crippen LogP contribution in [0.2, 0.25) is 10.0 Å². The van der Waals surface area contributed by atoms with Gasteiger partial charge in [0, 0.05) is 11.1 Å². The van der Waals surface area contributed by atoms with E-state index in [1.165, 1.54) is 0 Å². The molecule has 0 spiro atoms. The van der Waals surface area contributed by atoms with Crippen LogP contribution in [0.25, 0.3) is 23.6 Å². The molecular weight excluding hydrogens is 307 g/mol. The number of nitrogens with zero attached hydrogens (tertiary/aromatic N) is 2. The van der Waals surface area contributed by atoms with Crippen molar-refractivity contribution in [3.63, 3.8) is 0 Å². The van der Waals surface area contributed by atoms with Gasteiger partial charge >= 0.3 is 0 Å². The van der Waals surface area contributed by atoms with E-state index in [0.29, 0.717) is 27.4 Å². The van der Waals surface area contributed by atoms with Gasteiger partial charge in [0.1, 0.15) is 0 Å². The van der Waals surface area contributed by atoms with Crippen LogP contribution in [0.1, 0.15) is 11.5 Å². The first-order chi connectivity index (χ1) is 10.2. The van der Waals surface area contributed by atoms with Crippen LogP contribution in [0, 0.1) is 0 Å². The summed E-state index contributed by atoms with van der Waals surface area (Å²) in [6.45, 7) is 0. The highest BCUT2D eigenvalue weighted by Crippen LogP contribution is 2.26. The van der Waals surface area contributed by atoms with Crippen molar-refractivity contribution in [3.8, 4) is 11.5 Å². The molecule has 104 valence electrons. The Morgan fingerprint density at radius 1 is 0.810 bits per heavy atom. The van der Waals surface area contributed by atoms with Crippen LogP contribution in [-0.2, 0) is 0 Å². The number of aromatic nitrogens is 2. The second kappa shape index (κ2) is 6.12. The highest BCUT2D eigenvalue weighted by molar-refractivity contribution is 6.33. The Bertz CT molecular complexity index is 796. The van der Waals surface area contributed by atoms with Crippen molar-refractivity contribution in [1.82, 2.24) is 10.2 Å². The Kier molecular flexibility index (Phi) is 4.04. The maximum Gasteiger partial charge on any atom is 0.249 e. The lowest BCUT2D eigenvalue weighted by molar-refractivity contribution is 0.558. The van der Waals surface area contributed by atoms with Gasteiger partial charge in [-0.3, -0.25) is 0 Å². The fraction of sp³-hybridized carbons (Fsp3) is 0. The quantitative estimate of drug-likeness (QED) is 0.665. The molecule has 0 atom stereocenters. The van der Waals surface area contributed by atoms with Crippen LogP contribution in [-0.4, -0.2) is 10.2 Å². The minimum Gasteiger partial charge on any atom is -0.417 e. The Morgan fingerprint density at radius 3 is 2.29 bits per heavy atom. The van der Waals surface area contributed by atoms with Crippen LogP contribution < -0.4 is 0 Å². The maximum absolute atomic E-state index is 6.10. The molecule has 3 nitrogen and oxygen atoms in total. The molecule has 0 aliphatic rings. The van der Waals surface area contributed by atoms with E-state index < -0.39 is 0 Å². The molecule has 0 aliphatic heterocycles. The van der Waals surface area contributed by atoms with Crippen LogP contribution >= 0.6 is 23.2 Å². The van der Waals surface area contributed by atoms with Crippen LogP contribution in [0.4, 0.5) is 0 Å². The first-order valence-electron chi connectivity index (χ1n) is 6.25. The molecule has 1 heterocycles. The summed E-state index contributed by atoms with van der Waals surface area (Å²) in [6, 6.07) is 14.8. The van der Waals surface area contributed by atoms with E-state index in [9.17, 15) is 0 Å². The second-order valence-electron chi connectivity index (χ2n) is 4.28. The topological polar surface area (TPSA) is 38.9 Å². The van der Waals surface area contributed by atoms with Crippen molar-refractivity contribution >= 4 is 35.4 Å². The van der Waals surface area contributed by atoms with Gasteiger partial charge in [-0.1, -0.05) is 53.5 Å². The molecule has 0 saturated heterocycles. The number of benzene rings is 2. The molecule has 0 unspecified atom stereocenters. The summed E-state index contributed by atoms with van der Waals surface area (Å²) >= 11 is 12.2. The summed E-state index contributed by atoms with van der Waals surface area (Å²) in [5, 5.41) is 9.21. The maximum atomic E-state index is 6.10. The van der Waals surface area contributed by atoms with Crippen molar-refractivity contribution < 1.29 is 4.42 Å². The number of hydrogen-bond acceptors (Lipinski definition) is 3. The summed E-state index contributed by atoms with van der Waals surface area (Å²) in [5.74, 6) is 0.782. The number of halogens is 2. The molecule has 0 N–H and O–H groups in total. The second-order valence-corrected chi connectivity index (χ2v) is 5.09. The van der Waals surface area contributed by atoms with Crippen molar-refractivity contribution in [2.75, 3.05) is 0 Å². The SMILES string of the molecule is Clc1ccccc1/C=C/c1nnc(-c2ccccc2Cl)o1. The zero-order chi connectivity index (χ0) is 14.7. The van der Waals surface area contributed by atoms with Gasteiger partial charge in [-0.05, 0) is 29.8 Å². The van der Waals surface area contributed by atoms with Gasteiger partial charge in [0.15, 0.2) is 0 Å². The lowest BCUT2D eigenvalue weighted by atomic mass is 10.2. The summed E-state index contributed by atoms with van der Waals surface area (Å²) in [7, 11) is 0. The molecule has 5 heteroatoms. The van der Waals surface area contributed by atoms with Crippen LogP contribution in [0.5, 0.6) is 0 Å². The summed E-state index contributed by atoms with van der Waals surface area (Å²) < 4.78 is 5.58. The highest BCUT2D eigenvalue weighted by atomic mass is 35.5. The van der Waals surface area contributed by atoms with Gasteiger partial charge in [0.2, 0.25) is 11.8 Å². The van der Waals surface area contributed by atoms with Gasteiger partial charge in [-0.2, -0.15) is 0 Å². The average Bonchev–Trinajstić information content (AvgIpc) is 2.96. The van der Waals surface area contributed by atoms with Crippen LogP contribution in [0.15, 0.2) is 52.9 Å². The standard InChI is InChI=1S/C16H10Cl2N2O/c17-13-7-3-1-5-11(13)9-10-15-19-20-16(21-15)12-6-2-4-8-14(12)18/h1-10H/b10-9+. The lowest BCUT2D eigenvalue weighted by Gasteiger charge is -1.96. The van der Waals surface area contributed by atoms with Crippen molar-refractivity contribution in [3.05, 3.63) is 70.0 Å². The number of hydrogen-bond donors (Lipinski definition) is 0. The minimum absolute atomic E-state index is 0.388. The molecule has 0 amide bonds. The molecular formula is C16H10Cl2N2O. The fourth-order valence-electron chi connectivity index (χ4n) is 1.82. The smallest absolute Gasteiger partial charge is 0.249 e. The molecule has 21 heavy (non-hydrogen) atoms. The van der Waals surface area contributed by atoms with E-state index in [2.05, 4.69) is 10.2 Å². The molecule has 0 fully saturated rings. The summed E-state index contributed by atoms with van der Waals surface area (Å²) in [6.07, 6.45) is 3.54. The molecule has 1 aromatic heterocycles. The van der Waals surface area contributed by atoms with Crippen molar-refractivity contribution in [2.24, 2.45) is 0 Å². The predicted molar refractivity (Wildman–Crippen MR) is 85.1 cm³/mol. The van der Waals surface area contributed by atoms with Gasteiger partial charge in [-0.25, -0.2) is 0 Å². The van der Waals surface area contributed by atoms with Crippen molar-refractivity contribution in [2.45, 2.75) is 0 Å². The molecule has 0 radical (unpaired) electrons. The summed E-state index contributed by atoms with van der Waals surface area (Å²) in [5.41, 5.74) is 1.60. The van der Waals surface area contributed by atoms with Crippen LogP contribution in [0.3, 0.4) is 0 Å². The van der Waals surface area contributed by atoms with E-state index in [0.717, 1.165) is 5.56 Å². The molecule has 3 aromatic rings. The first-order valence-corrected chi connectivity index (χ1v) is 7.00. The molecule has 0 saturated carbocycles. The predicted octanol–water partition coefficient (Wildman–Crippen LogP) is 5.21. The number of rotatable bonds is 3. The van der Waals surface area contributed by atoms with Crippen molar-refractivity contribution in [1.29, 1.82) is 0 Å². The Hall–Kier alpha value is -2.10. The van der Waals surface area contributed by atoms with E-state index in [4.69, 9.17) is 27.6 Å². The zero-order valence-corrected chi connectivity index (χ0v) is 12.3. The summed E-state index contributed by atoms with van der Waals surface area (Å²) in [4.78, 5) is 0. The van der Waals surface area contributed by atoms with E-state index >= 15 is 0 Å². The van der Waals surface area contributed by atoms with E-state index in [1.807, 2.05) is 48.5 Å². The fourth-order valence-corrected chi connectivity index (χ4v) is 2.23. The normalized spacial score (nSPS) is 11.1.